The van der Waals surface area contributed by atoms with Crippen molar-refractivity contribution in [3.05, 3.63) is 59.7 Å². The van der Waals surface area contributed by atoms with Gasteiger partial charge in [0, 0.05) is 12.1 Å². The topological polar surface area (TPSA) is 67.8 Å². The summed E-state index contributed by atoms with van der Waals surface area (Å²) in [5.41, 5.74) is 1.24. The molecule has 0 aromatic heterocycles. The Kier molecular flexibility index (Phi) is 6.00. The number of hydrogen-bond donors (Lipinski definition) is 2. The van der Waals surface area contributed by atoms with Crippen LogP contribution in [-0.4, -0.2) is 31.3 Å². The Morgan fingerprint density at radius 1 is 1.09 bits per heavy atom. The Bertz CT molecular complexity index is 622. The second-order valence-corrected chi connectivity index (χ2v) is 4.96. The van der Waals surface area contributed by atoms with Gasteiger partial charge in [0.05, 0.1) is 19.8 Å². The van der Waals surface area contributed by atoms with Gasteiger partial charge in [-0.05, 0) is 48.9 Å². The summed E-state index contributed by atoms with van der Waals surface area (Å²) in [7, 11) is 1.59. The molecule has 122 valence electrons. The first-order valence-electron chi connectivity index (χ1n) is 7.47. The molecule has 1 unspecified atom stereocenters. The van der Waals surface area contributed by atoms with Crippen LogP contribution in [0.15, 0.2) is 48.5 Å². The molecular weight excluding hydrogens is 294 g/mol. The maximum Gasteiger partial charge on any atom is 0.251 e. The molecule has 2 rings (SSSR count). The SMILES string of the molecule is CCOc1ccc(C(=O)NCC(O)c2ccc(OC)cc2)cc1. The number of carbonyl (C=O) groups excluding carboxylic acids is 1. The van der Waals surface area contributed by atoms with Crippen molar-refractivity contribution in [1.82, 2.24) is 5.32 Å². The number of carbonyl (C=O) groups is 1. The highest BCUT2D eigenvalue weighted by Crippen LogP contribution is 2.17. The van der Waals surface area contributed by atoms with Crippen molar-refractivity contribution in [3.8, 4) is 11.5 Å². The monoisotopic (exact) mass is 315 g/mol. The maximum atomic E-state index is 12.1. The van der Waals surface area contributed by atoms with Crippen molar-refractivity contribution < 1.29 is 19.4 Å². The van der Waals surface area contributed by atoms with E-state index in [9.17, 15) is 9.90 Å². The minimum atomic E-state index is -0.771. The smallest absolute Gasteiger partial charge is 0.251 e. The summed E-state index contributed by atoms with van der Waals surface area (Å²) in [6.07, 6.45) is -0.771. The first-order chi connectivity index (χ1) is 11.1. The van der Waals surface area contributed by atoms with Crippen molar-refractivity contribution in [2.45, 2.75) is 13.0 Å². The van der Waals surface area contributed by atoms with Crippen LogP contribution in [0.1, 0.15) is 28.9 Å². The van der Waals surface area contributed by atoms with E-state index in [0.717, 1.165) is 17.1 Å². The predicted octanol–water partition coefficient (Wildman–Crippen LogP) is 2.56. The first-order valence-corrected chi connectivity index (χ1v) is 7.47. The molecule has 23 heavy (non-hydrogen) atoms. The van der Waals surface area contributed by atoms with Crippen LogP contribution in [-0.2, 0) is 0 Å². The summed E-state index contributed by atoms with van der Waals surface area (Å²) >= 11 is 0. The van der Waals surface area contributed by atoms with Crippen LogP contribution in [0.2, 0.25) is 0 Å². The molecule has 0 radical (unpaired) electrons. The standard InChI is InChI=1S/C18H21NO4/c1-3-23-16-10-6-14(7-11-16)18(21)19-12-17(20)13-4-8-15(22-2)9-5-13/h4-11,17,20H,3,12H2,1-2H3,(H,19,21). The van der Waals surface area contributed by atoms with Gasteiger partial charge in [0.1, 0.15) is 11.5 Å². The van der Waals surface area contributed by atoms with Gasteiger partial charge in [0.2, 0.25) is 0 Å². The molecular formula is C18H21NO4. The molecule has 1 atom stereocenters. The van der Waals surface area contributed by atoms with Crippen LogP contribution < -0.4 is 14.8 Å². The summed E-state index contributed by atoms with van der Waals surface area (Å²) < 4.78 is 10.4. The van der Waals surface area contributed by atoms with Gasteiger partial charge in [-0.2, -0.15) is 0 Å². The number of aliphatic hydroxyl groups excluding tert-OH is 1. The van der Waals surface area contributed by atoms with Gasteiger partial charge in [-0.1, -0.05) is 12.1 Å². The number of nitrogens with one attached hydrogen (secondary N) is 1. The molecule has 0 aliphatic rings. The number of hydrogen-bond acceptors (Lipinski definition) is 4. The molecule has 0 saturated heterocycles. The number of ether oxygens (including phenoxy) is 2. The lowest BCUT2D eigenvalue weighted by Crippen LogP contribution is -2.28. The molecule has 2 aromatic rings. The highest BCUT2D eigenvalue weighted by Gasteiger charge is 2.11. The third kappa shape index (κ3) is 4.72. The van der Waals surface area contributed by atoms with Crippen LogP contribution in [0, 0.1) is 0 Å². The average molecular weight is 315 g/mol. The van der Waals surface area contributed by atoms with E-state index in [-0.39, 0.29) is 12.5 Å². The number of benzene rings is 2. The van der Waals surface area contributed by atoms with Gasteiger partial charge >= 0.3 is 0 Å². The minimum Gasteiger partial charge on any atom is -0.497 e. The lowest BCUT2D eigenvalue weighted by Gasteiger charge is -2.13. The predicted molar refractivity (Wildman–Crippen MR) is 87.9 cm³/mol. The van der Waals surface area contributed by atoms with Crippen LogP contribution >= 0.6 is 0 Å². The van der Waals surface area contributed by atoms with Gasteiger partial charge in [-0.3, -0.25) is 4.79 Å². The Morgan fingerprint density at radius 3 is 2.26 bits per heavy atom. The van der Waals surface area contributed by atoms with Crippen molar-refractivity contribution in [2.75, 3.05) is 20.3 Å². The normalized spacial score (nSPS) is 11.6. The van der Waals surface area contributed by atoms with Crippen LogP contribution in [0.4, 0.5) is 0 Å². The van der Waals surface area contributed by atoms with Gasteiger partial charge < -0.3 is 19.9 Å². The lowest BCUT2D eigenvalue weighted by molar-refractivity contribution is 0.0916. The van der Waals surface area contributed by atoms with Crippen LogP contribution in [0.3, 0.4) is 0 Å². The summed E-state index contributed by atoms with van der Waals surface area (Å²) in [6, 6.07) is 14.0. The molecule has 1 amide bonds. The Labute approximate surface area is 135 Å². The van der Waals surface area contributed by atoms with E-state index in [0.29, 0.717) is 12.2 Å². The molecule has 5 nitrogen and oxygen atoms in total. The fourth-order valence-electron chi connectivity index (χ4n) is 2.10. The zero-order valence-electron chi connectivity index (χ0n) is 13.3. The number of rotatable bonds is 7. The number of amides is 1. The van der Waals surface area contributed by atoms with E-state index in [4.69, 9.17) is 9.47 Å². The molecule has 0 fully saturated rings. The third-order valence-corrected chi connectivity index (χ3v) is 3.38. The Hall–Kier alpha value is -2.53. The molecule has 2 aromatic carbocycles. The average Bonchev–Trinajstić information content (AvgIpc) is 2.60. The Balaban J connectivity index is 1.89. The van der Waals surface area contributed by atoms with Gasteiger partial charge in [-0.15, -0.1) is 0 Å². The van der Waals surface area contributed by atoms with E-state index in [1.807, 2.05) is 6.92 Å². The van der Waals surface area contributed by atoms with E-state index >= 15 is 0 Å². The third-order valence-electron chi connectivity index (χ3n) is 3.38. The number of methoxy groups -OCH3 is 1. The molecule has 0 aliphatic carbocycles. The molecule has 0 bridgehead atoms. The second kappa shape index (κ2) is 8.19. The summed E-state index contributed by atoms with van der Waals surface area (Å²) in [4.78, 5) is 12.1. The minimum absolute atomic E-state index is 0.137. The lowest BCUT2D eigenvalue weighted by atomic mass is 10.1. The molecule has 5 heteroatoms. The van der Waals surface area contributed by atoms with Gasteiger partial charge in [0.25, 0.3) is 5.91 Å². The summed E-state index contributed by atoms with van der Waals surface area (Å²) in [6.45, 7) is 2.62. The zero-order valence-corrected chi connectivity index (χ0v) is 13.3. The first kappa shape index (κ1) is 16.8. The van der Waals surface area contributed by atoms with E-state index in [2.05, 4.69) is 5.32 Å². The van der Waals surface area contributed by atoms with Crippen molar-refractivity contribution in [1.29, 1.82) is 0 Å². The molecule has 0 saturated carbocycles. The van der Waals surface area contributed by atoms with Crippen molar-refractivity contribution in [3.63, 3.8) is 0 Å². The molecule has 0 aliphatic heterocycles. The molecule has 2 N–H and O–H groups in total. The maximum absolute atomic E-state index is 12.1. The van der Waals surface area contributed by atoms with Crippen LogP contribution in [0.5, 0.6) is 11.5 Å². The highest BCUT2D eigenvalue weighted by molar-refractivity contribution is 5.94. The fourth-order valence-corrected chi connectivity index (χ4v) is 2.10. The van der Waals surface area contributed by atoms with Crippen LogP contribution in [0.25, 0.3) is 0 Å². The van der Waals surface area contributed by atoms with E-state index in [1.165, 1.54) is 0 Å². The zero-order chi connectivity index (χ0) is 16.7. The largest absolute Gasteiger partial charge is 0.497 e. The van der Waals surface area contributed by atoms with E-state index in [1.54, 1.807) is 55.6 Å². The van der Waals surface area contributed by atoms with Crippen molar-refractivity contribution in [2.24, 2.45) is 0 Å². The van der Waals surface area contributed by atoms with Gasteiger partial charge in [-0.25, -0.2) is 0 Å². The molecule has 0 spiro atoms. The summed E-state index contributed by atoms with van der Waals surface area (Å²) in [5, 5.41) is 12.8. The van der Waals surface area contributed by atoms with Crippen molar-refractivity contribution >= 4 is 5.91 Å². The van der Waals surface area contributed by atoms with Gasteiger partial charge in [0.15, 0.2) is 0 Å². The summed E-state index contributed by atoms with van der Waals surface area (Å²) in [5.74, 6) is 1.21. The molecule has 0 heterocycles. The van der Waals surface area contributed by atoms with E-state index < -0.39 is 6.10 Å². The fraction of sp³-hybridized carbons (Fsp3) is 0.278. The Morgan fingerprint density at radius 2 is 1.70 bits per heavy atom. The quantitative estimate of drug-likeness (QED) is 0.824. The number of aliphatic hydroxyl groups is 1. The second-order valence-electron chi connectivity index (χ2n) is 4.96. The highest BCUT2D eigenvalue weighted by atomic mass is 16.5.